The van der Waals surface area contributed by atoms with Crippen LogP contribution in [0.15, 0.2) is 30.6 Å². The summed E-state index contributed by atoms with van der Waals surface area (Å²) in [4.78, 5) is 10.4. The Morgan fingerprint density at radius 3 is 1.71 bits per heavy atom. The normalized spacial score (nSPS) is 11.3. The average Bonchev–Trinajstić information content (AvgIpc) is 2.17. The number of aromatic nitrogens is 1. The molecule has 0 fully saturated rings. The van der Waals surface area contributed by atoms with E-state index in [-0.39, 0.29) is 0 Å². The van der Waals surface area contributed by atoms with Crippen molar-refractivity contribution < 1.29 is 35.5 Å². The number of nitrogens with zero attached hydrogens (tertiary/aromatic N) is 1. The van der Waals surface area contributed by atoms with Crippen LogP contribution < -0.4 is 10.3 Å². The molecular formula is C7H7F3N2O4S. The Morgan fingerprint density at radius 1 is 1.18 bits per heavy atom. The van der Waals surface area contributed by atoms with Crippen molar-refractivity contribution in [2.45, 2.75) is 5.51 Å². The van der Waals surface area contributed by atoms with E-state index in [1.165, 1.54) is 4.57 Å². The highest BCUT2D eigenvalue weighted by molar-refractivity contribution is 7.86. The first-order valence-electron chi connectivity index (χ1n) is 3.84. The lowest BCUT2D eigenvalue weighted by Gasteiger charge is -2.08. The fraction of sp³-hybridized carbons (Fsp3) is 0.143. The maximum absolute atomic E-state index is 10.7. The molecule has 10 heteroatoms. The number of halogens is 3. The number of alkyl halides is 3. The van der Waals surface area contributed by atoms with Gasteiger partial charge in [0.2, 0.25) is 0 Å². The Bertz CT molecular complexity index is 472. The Hall–Kier alpha value is -1.68. The van der Waals surface area contributed by atoms with E-state index in [9.17, 15) is 18.0 Å². The molecule has 1 rings (SSSR count). The molecule has 1 amide bonds. The third kappa shape index (κ3) is 5.82. The first-order valence-corrected chi connectivity index (χ1v) is 5.25. The predicted molar refractivity (Wildman–Crippen MR) is 47.4 cm³/mol. The van der Waals surface area contributed by atoms with Gasteiger partial charge in [-0.25, -0.2) is 8.42 Å². The zero-order valence-electron chi connectivity index (χ0n) is 8.09. The molecule has 0 aliphatic carbocycles. The van der Waals surface area contributed by atoms with Crippen LogP contribution in [0.3, 0.4) is 0 Å². The quantitative estimate of drug-likeness (QED) is 0.406. The average molecular weight is 272 g/mol. The molecule has 1 heterocycles. The first-order chi connectivity index (χ1) is 7.55. The van der Waals surface area contributed by atoms with E-state index in [0.29, 0.717) is 0 Å². The molecule has 2 N–H and O–H groups in total. The molecule has 0 aromatic carbocycles. The summed E-state index contributed by atoms with van der Waals surface area (Å²) in [6, 6.07) is 4.84. The number of rotatable bonds is 0. The smallest absolute Gasteiger partial charge is 0.493 e. The third-order valence-corrected chi connectivity index (χ3v) is 1.82. The van der Waals surface area contributed by atoms with Crippen molar-refractivity contribution in [2.75, 3.05) is 0 Å². The van der Waals surface area contributed by atoms with Crippen molar-refractivity contribution in [3.8, 4) is 0 Å². The summed E-state index contributed by atoms with van der Waals surface area (Å²) >= 11 is 0. The molecule has 6 nitrogen and oxygen atoms in total. The number of nitrogens with two attached hydrogens (primary N) is 1. The van der Waals surface area contributed by atoms with E-state index in [1.807, 2.05) is 6.07 Å². The number of pyridine rings is 1. The van der Waals surface area contributed by atoms with Crippen LogP contribution in [-0.2, 0) is 10.1 Å². The van der Waals surface area contributed by atoms with Gasteiger partial charge in [0.15, 0.2) is 10.1 Å². The van der Waals surface area contributed by atoms with Gasteiger partial charge in [-0.3, -0.25) is 5.73 Å². The molecule has 0 spiro atoms. The molecule has 0 saturated carbocycles. The summed E-state index contributed by atoms with van der Waals surface area (Å²) < 4.78 is 60.2. The number of hydrogen-bond acceptors (Lipinski definition) is 4. The van der Waals surface area contributed by atoms with E-state index < -0.39 is 21.7 Å². The van der Waals surface area contributed by atoms with Gasteiger partial charge >= 0.3 is 11.5 Å². The summed E-state index contributed by atoms with van der Waals surface area (Å²) in [5.74, 6) is 0. The Balaban J connectivity index is 0.000000304. The van der Waals surface area contributed by atoms with E-state index in [2.05, 4.69) is 0 Å². The first kappa shape index (κ1) is 15.3. The highest BCUT2D eigenvalue weighted by Gasteiger charge is 2.36. The number of hydrogen-bond donors (Lipinski definition) is 1. The SMILES string of the molecule is NC(=O)[n+]1ccccc1.O=S(=O)([O-])C(F)(F)F. The third-order valence-electron chi connectivity index (χ3n) is 1.25. The zero-order valence-corrected chi connectivity index (χ0v) is 8.90. The Morgan fingerprint density at radius 2 is 1.53 bits per heavy atom. The van der Waals surface area contributed by atoms with Crippen LogP contribution in [0.1, 0.15) is 0 Å². The van der Waals surface area contributed by atoms with Crippen LogP contribution in [0.4, 0.5) is 18.0 Å². The lowest BCUT2D eigenvalue weighted by molar-refractivity contribution is -0.569. The van der Waals surface area contributed by atoms with Crippen molar-refractivity contribution in [1.29, 1.82) is 0 Å². The minimum Gasteiger partial charge on any atom is -0.741 e. The summed E-state index contributed by atoms with van der Waals surface area (Å²) in [7, 11) is -6.09. The molecule has 1 aromatic rings. The van der Waals surface area contributed by atoms with Crippen molar-refractivity contribution in [3.05, 3.63) is 30.6 Å². The van der Waals surface area contributed by atoms with E-state index in [0.717, 1.165) is 0 Å². The molecule has 0 radical (unpaired) electrons. The van der Waals surface area contributed by atoms with Crippen LogP contribution in [0.25, 0.3) is 0 Å². The second-order valence-electron chi connectivity index (χ2n) is 2.52. The van der Waals surface area contributed by atoms with Crippen molar-refractivity contribution in [1.82, 2.24) is 0 Å². The minimum absolute atomic E-state index is 0.462. The van der Waals surface area contributed by atoms with E-state index >= 15 is 0 Å². The number of carbonyl (C=O) groups excluding carboxylic acids is 1. The minimum atomic E-state index is -6.09. The summed E-state index contributed by atoms with van der Waals surface area (Å²) in [5.41, 5.74) is -0.708. The largest absolute Gasteiger partial charge is 0.741 e. The van der Waals surface area contributed by atoms with Crippen molar-refractivity contribution >= 4 is 16.1 Å². The van der Waals surface area contributed by atoms with Crippen LogP contribution in [0.2, 0.25) is 0 Å². The Kier molecular flexibility index (Phi) is 5.04. The molecule has 96 valence electrons. The van der Waals surface area contributed by atoms with Gasteiger partial charge in [-0.2, -0.15) is 22.5 Å². The van der Waals surface area contributed by atoms with Crippen LogP contribution >= 0.6 is 0 Å². The Labute approximate surface area is 94.2 Å². The molecule has 0 aliphatic heterocycles. The van der Waals surface area contributed by atoms with Gasteiger partial charge in [-0.05, 0) is 12.1 Å². The van der Waals surface area contributed by atoms with Crippen molar-refractivity contribution in [3.63, 3.8) is 0 Å². The molecular weight excluding hydrogens is 265 g/mol. The van der Waals surface area contributed by atoms with Gasteiger partial charge in [-0.15, -0.1) is 0 Å². The summed E-state index contributed by atoms with van der Waals surface area (Å²) in [6.45, 7) is 0. The van der Waals surface area contributed by atoms with Crippen LogP contribution in [-0.4, -0.2) is 24.5 Å². The summed E-state index contributed by atoms with van der Waals surface area (Å²) in [6.07, 6.45) is 3.20. The maximum Gasteiger partial charge on any atom is 0.493 e. The number of carbonyl (C=O) groups is 1. The molecule has 0 atom stereocenters. The number of amides is 1. The van der Waals surface area contributed by atoms with Gasteiger partial charge in [0, 0.05) is 0 Å². The second kappa shape index (κ2) is 5.59. The van der Waals surface area contributed by atoms with E-state index in [4.69, 9.17) is 18.7 Å². The van der Waals surface area contributed by atoms with Gasteiger partial charge in [-0.1, -0.05) is 6.07 Å². The highest BCUT2D eigenvalue weighted by Crippen LogP contribution is 2.20. The van der Waals surface area contributed by atoms with Gasteiger partial charge in [0.25, 0.3) is 0 Å². The second-order valence-corrected chi connectivity index (χ2v) is 3.89. The lowest BCUT2D eigenvalue weighted by Crippen LogP contribution is -2.46. The topological polar surface area (TPSA) is 104 Å². The van der Waals surface area contributed by atoms with Gasteiger partial charge < -0.3 is 4.55 Å². The molecule has 17 heavy (non-hydrogen) atoms. The zero-order chi connectivity index (χ0) is 13.7. The fourth-order valence-electron chi connectivity index (χ4n) is 0.546. The molecule has 0 unspecified atom stereocenters. The van der Waals surface area contributed by atoms with Crippen molar-refractivity contribution in [2.24, 2.45) is 5.73 Å². The molecule has 0 bridgehead atoms. The van der Waals surface area contributed by atoms with Crippen LogP contribution in [0, 0.1) is 0 Å². The van der Waals surface area contributed by atoms with Crippen LogP contribution in [0.5, 0.6) is 0 Å². The summed E-state index contributed by atoms with van der Waals surface area (Å²) in [5, 5.41) is 0. The fourth-order valence-corrected chi connectivity index (χ4v) is 0.546. The number of primary amides is 1. The predicted octanol–water partition coefficient (Wildman–Crippen LogP) is -0.0477. The highest BCUT2D eigenvalue weighted by atomic mass is 32.2. The lowest BCUT2D eigenvalue weighted by atomic mass is 10.5. The standard InChI is InChI=1S/C6H6N2O.CHF3O3S/c7-6(9)8-4-2-1-3-5-8;2-1(3,4)8(5,6)7/h1-5H,(H-,7,9);(H,5,6,7). The van der Waals surface area contributed by atoms with E-state index in [1.54, 1.807) is 24.5 Å². The molecule has 0 saturated heterocycles. The van der Waals surface area contributed by atoms with Gasteiger partial charge in [0.05, 0.1) is 12.4 Å². The van der Waals surface area contributed by atoms with Gasteiger partial charge in [0.1, 0.15) is 0 Å². The maximum atomic E-state index is 10.7. The monoisotopic (exact) mass is 272 g/mol. The molecule has 1 aromatic heterocycles. The molecule has 0 aliphatic rings.